The summed E-state index contributed by atoms with van der Waals surface area (Å²) in [6.45, 7) is 2.99. The topological polar surface area (TPSA) is 59.6 Å². The smallest absolute Gasteiger partial charge is 0.323 e. The average molecular weight is 314 g/mol. The summed E-state index contributed by atoms with van der Waals surface area (Å²) < 4.78 is 10.6. The van der Waals surface area contributed by atoms with Gasteiger partial charge in [0.2, 0.25) is 0 Å². The normalized spacial score (nSPS) is 10.2. The summed E-state index contributed by atoms with van der Waals surface area (Å²) in [5.74, 6) is 0.613. The van der Waals surface area contributed by atoms with E-state index < -0.39 is 0 Å². The minimum absolute atomic E-state index is 0.305. The predicted molar refractivity (Wildman–Crippen MR) is 92.3 cm³/mol. The fraction of sp³-hybridized carbons (Fsp3) is 0.278. The van der Waals surface area contributed by atoms with Crippen LogP contribution in [0.25, 0.3) is 0 Å². The zero-order chi connectivity index (χ0) is 16.5. The number of hydrogen-bond donors (Lipinski definition) is 2. The molecule has 5 nitrogen and oxygen atoms in total. The highest BCUT2D eigenvalue weighted by molar-refractivity contribution is 6.00. The van der Waals surface area contributed by atoms with E-state index in [1.807, 2.05) is 42.5 Å². The van der Waals surface area contributed by atoms with E-state index in [4.69, 9.17) is 9.47 Å². The van der Waals surface area contributed by atoms with Gasteiger partial charge in [0.15, 0.2) is 0 Å². The quantitative estimate of drug-likeness (QED) is 0.762. The molecule has 0 heterocycles. The Bertz CT molecular complexity index is 644. The third-order valence-corrected chi connectivity index (χ3v) is 3.27. The van der Waals surface area contributed by atoms with Crippen molar-refractivity contribution in [2.24, 2.45) is 0 Å². The standard InChI is InChI=1S/C18H22N2O3/c1-3-14-7-6-8-15(13-14)19-18(21)20-16-9-4-5-10-17(16)23-12-11-22-2/h4-10,13H,3,11-12H2,1-2H3,(H2,19,20,21). The molecule has 2 amide bonds. The van der Waals surface area contributed by atoms with E-state index in [-0.39, 0.29) is 6.03 Å². The summed E-state index contributed by atoms with van der Waals surface area (Å²) in [5, 5.41) is 5.64. The second-order valence-electron chi connectivity index (χ2n) is 4.97. The highest BCUT2D eigenvalue weighted by Gasteiger charge is 2.08. The van der Waals surface area contributed by atoms with Crippen molar-refractivity contribution in [3.05, 3.63) is 54.1 Å². The number of carbonyl (C=O) groups is 1. The molecule has 2 N–H and O–H groups in total. The monoisotopic (exact) mass is 314 g/mol. The van der Waals surface area contributed by atoms with Crippen molar-refractivity contribution >= 4 is 17.4 Å². The van der Waals surface area contributed by atoms with Crippen LogP contribution in [0.3, 0.4) is 0 Å². The Kier molecular flexibility index (Phi) is 6.44. The molecule has 0 saturated heterocycles. The second-order valence-corrected chi connectivity index (χ2v) is 4.97. The van der Waals surface area contributed by atoms with Crippen LogP contribution in [0.2, 0.25) is 0 Å². The molecule has 122 valence electrons. The number of benzene rings is 2. The molecular formula is C18H22N2O3. The summed E-state index contributed by atoms with van der Waals surface area (Å²) in [5.41, 5.74) is 2.55. The minimum Gasteiger partial charge on any atom is -0.489 e. The molecular weight excluding hydrogens is 292 g/mol. The Hall–Kier alpha value is -2.53. The lowest BCUT2D eigenvalue weighted by molar-refractivity contribution is 0.146. The molecule has 0 aliphatic heterocycles. The van der Waals surface area contributed by atoms with Gasteiger partial charge in [0.1, 0.15) is 12.4 Å². The van der Waals surface area contributed by atoms with Gasteiger partial charge < -0.3 is 20.1 Å². The van der Waals surface area contributed by atoms with E-state index in [0.717, 1.165) is 12.1 Å². The lowest BCUT2D eigenvalue weighted by atomic mass is 10.1. The first-order valence-electron chi connectivity index (χ1n) is 7.60. The van der Waals surface area contributed by atoms with Crippen LogP contribution in [0.1, 0.15) is 12.5 Å². The maximum atomic E-state index is 12.2. The largest absolute Gasteiger partial charge is 0.489 e. The van der Waals surface area contributed by atoms with Gasteiger partial charge >= 0.3 is 6.03 Å². The number of methoxy groups -OCH3 is 1. The van der Waals surface area contributed by atoms with Crippen LogP contribution in [0, 0.1) is 0 Å². The number of rotatable bonds is 7. The molecule has 0 atom stereocenters. The Morgan fingerprint density at radius 1 is 1.04 bits per heavy atom. The van der Waals surface area contributed by atoms with Gasteiger partial charge in [0, 0.05) is 12.8 Å². The van der Waals surface area contributed by atoms with Gasteiger partial charge in [-0.3, -0.25) is 0 Å². The second kappa shape index (κ2) is 8.80. The average Bonchev–Trinajstić information content (AvgIpc) is 2.56. The van der Waals surface area contributed by atoms with Crippen molar-refractivity contribution in [2.45, 2.75) is 13.3 Å². The van der Waals surface area contributed by atoms with Gasteiger partial charge in [0.25, 0.3) is 0 Å². The van der Waals surface area contributed by atoms with Crippen molar-refractivity contribution in [1.29, 1.82) is 0 Å². The van der Waals surface area contributed by atoms with Gasteiger partial charge in [-0.1, -0.05) is 31.2 Å². The van der Waals surface area contributed by atoms with Crippen molar-refractivity contribution in [3.63, 3.8) is 0 Å². The van der Waals surface area contributed by atoms with Crippen LogP contribution in [0.5, 0.6) is 5.75 Å². The number of hydrogen-bond acceptors (Lipinski definition) is 3. The molecule has 0 saturated carbocycles. The van der Waals surface area contributed by atoms with Crippen molar-refractivity contribution in [2.75, 3.05) is 31.0 Å². The number of aryl methyl sites for hydroxylation is 1. The van der Waals surface area contributed by atoms with E-state index in [2.05, 4.69) is 17.6 Å². The lowest BCUT2D eigenvalue weighted by Crippen LogP contribution is -2.20. The maximum Gasteiger partial charge on any atom is 0.323 e. The maximum absolute atomic E-state index is 12.2. The molecule has 23 heavy (non-hydrogen) atoms. The van der Waals surface area contributed by atoms with Gasteiger partial charge in [-0.15, -0.1) is 0 Å². The van der Waals surface area contributed by atoms with E-state index in [1.54, 1.807) is 13.2 Å². The van der Waals surface area contributed by atoms with Crippen molar-refractivity contribution in [3.8, 4) is 5.75 Å². The number of ether oxygens (including phenoxy) is 2. The zero-order valence-electron chi connectivity index (χ0n) is 13.5. The Balaban J connectivity index is 1.99. The van der Waals surface area contributed by atoms with Crippen LogP contribution >= 0.6 is 0 Å². The zero-order valence-corrected chi connectivity index (χ0v) is 13.5. The summed E-state index contributed by atoms with van der Waals surface area (Å²) >= 11 is 0. The molecule has 2 aromatic carbocycles. The molecule has 0 spiro atoms. The summed E-state index contributed by atoms with van der Waals surface area (Å²) in [7, 11) is 1.62. The first kappa shape index (κ1) is 16.8. The third-order valence-electron chi connectivity index (χ3n) is 3.27. The lowest BCUT2D eigenvalue weighted by Gasteiger charge is -2.13. The summed E-state index contributed by atoms with van der Waals surface area (Å²) in [6.07, 6.45) is 0.924. The van der Waals surface area contributed by atoms with Crippen LogP contribution in [-0.2, 0) is 11.2 Å². The van der Waals surface area contributed by atoms with Gasteiger partial charge in [0.05, 0.1) is 12.3 Å². The SMILES string of the molecule is CCc1cccc(NC(=O)Nc2ccccc2OCCOC)c1. The fourth-order valence-electron chi connectivity index (χ4n) is 2.08. The third kappa shape index (κ3) is 5.30. The van der Waals surface area contributed by atoms with Gasteiger partial charge in [-0.25, -0.2) is 4.79 Å². The molecule has 0 radical (unpaired) electrons. The molecule has 0 aliphatic rings. The van der Waals surface area contributed by atoms with Crippen LogP contribution < -0.4 is 15.4 Å². The Morgan fingerprint density at radius 2 is 1.87 bits per heavy atom. The predicted octanol–water partition coefficient (Wildman–Crippen LogP) is 3.92. The summed E-state index contributed by atoms with van der Waals surface area (Å²) in [4.78, 5) is 12.2. The van der Waals surface area contributed by atoms with Crippen molar-refractivity contribution < 1.29 is 14.3 Å². The molecule has 0 aliphatic carbocycles. The Morgan fingerprint density at radius 3 is 2.65 bits per heavy atom. The van der Waals surface area contributed by atoms with Crippen LogP contribution in [-0.4, -0.2) is 26.4 Å². The molecule has 5 heteroatoms. The molecule has 0 aromatic heterocycles. The van der Waals surface area contributed by atoms with Crippen LogP contribution in [0.15, 0.2) is 48.5 Å². The van der Waals surface area contributed by atoms with E-state index in [0.29, 0.717) is 24.7 Å². The molecule has 0 bridgehead atoms. The number of carbonyl (C=O) groups excluding carboxylic acids is 1. The van der Waals surface area contributed by atoms with Gasteiger partial charge in [-0.05, 0) is 36.2 Å². The van der Waals surface area contributed by atoms with Crippen LogP contribution in [0.4, 0.5) is 16.2 Å². The van der Waals surface area contributed by atoms with Crippen molar-refractivity contribution in [1.82, 2.24) is 0 Å². The first-order chi connectivity index (χ1) is 11.2. The molecule has 0 unspecified atom stereocenters. The molecule has 2 rings (SSSR count). The minimum atomic E-state index is -0.305. The molecule has 0 fully saturated rings. The van der Waals surface area contributed by atoms with E-state index in [9.17, 15) is 4.79 Å². The first-order valence-corrected chi connectivity index (χ1v) is 7.60. The fourth-order valence-corrected chi connectivity index (χ4v) is 2.08. The van der Waals surface area contributed by atoms with E-state index in [1.165, 1.54) is 5.56 Å². The Labute approximate surface area is 136 Å². The number of anilines is 2. The highest BCUT2D eigenvalue weighted by Crippen LogP contribution is 2.24. The molecule has 2 aromatic rings. The van der Waals surface area contributed by atoms with E-state index >= 15 is 0 Å². The summed E-state index contributed by atoms with van der Waals surface area (Å²) in [6, 6.07) is 14.8. The number of para-hydroxylation sites is 2. The highest BCUT2D eigenvalue weighted by atomic mass is 16.5. The van der Waals surface area contributed by atoms with Gasteiger partial charge in [-0.2, -0.15) is 0 Å². The number of urea groups is 1. The number of nitrogens with one attached hydrogen (secondary N) is 2. The number of amides is 2.